The number of carbonyl (C=O) groups excluding carboxylic acids is 1. The fraction of sp³-hybridized carbons (Fsp3) is 0.359. The summed E-state index contributed by atoms with van der Waals surface area (Å²) in [6, 6.07) is 34.9. The molecule has 0 heterocycles. The Kier molecular flexibility index (Phi) is 16.7. The molecule has 260 valence electrons. The maximum atomic E-state index is 12.6. The second-order valence-corrected chi connectivity index (χ2v) is 11.8. The van der Waals surface area contributed by atoms with Crippen molar-refractivity contribution < 1.29 is 27.4 Å². The molecule has 0 aliphatic heterocycles. The molecule has 0 saturated carbocycles. The van der Waals surface area contributed by atoms with Gasteiger partial charge >= 0.3 is 12.1 Å². The number of benzene rings is 4. The highest BCUT2D eigenvalue weighted by atomic mass is 35.5. The highest BCUT2D eigenvalue weighted by Gasteiger charge is 2.42. The van der Waals surface area contributed by atoms with Crippen molar-refractivity contribution in [3.05, 3.63) is 138 Å². The van der Waals surface area contributed by atoms with Crippen LogP contribution in [0.25, 0.3) is 0 Å². The van der Waals surface area contributed by atoms with Gasteiger partial charge in [-0.1, -0.05) is 105 Å². The minimum absolute atomic E-state index is 0. The molecule has 4 aromatic rings. The summed E-state index contributed by atoms with van der Waals surface area (Å²) in [5.41, 5.74) is 1.86. The number of hydrogen-bond donors (Lipinski definition) is 1. The van der Waals surface area contributed by atoms with Crippen molar-refractivity contribution in [3.63, 3.8) is 0 Å². The van der Waals surface area contributed by atoms with Crippen molar-refractivity contribution in [2.75, 3.05) is 34.2 Å². The molecular formula is C39H48ClF3N2O3. The molecule has 1 unspecified atom stereocenters. The highest BCUT2D eigenvalue weighted by molar-refractivity contribution is 5.85. The lowest BCUT2D eigenvalue weighted by Crippen LogP contribution is -2.44. The van der Waals surface area contributed by atoms with Crippen LogP contribution >= 0.6 is 12.4 Å². The number of alkyl halides is 3. The Hall–Kier alpha value is -3.85. The zero-order valence-electron chi connectivity index (χ0n) is 28.4. The Morgan fingerprint density at radius 2 is 1.35 bits per heavy atom. The van der Waals surface area contributed by atoms with E-state index in [2.05, 4.69) is 55.5 Å². The Morgan fingerprint density at radius 1 is 0.812 bits per heavy atom. The van der Waals surface area contributed by atoms with E-state index in [1.54, 1.807) is 0 Å². The first-order chi connectivity index (χ1) is 22.5. The maximum absolute atomic E-state index is 12.6. The zero-order chi connectivity index (χ0) is 34.3. The molecule has 0 bridgehead atoms. The number of carbonyl (C=O) groups is 1. The van der Waals surface area contributed by atoms with Gasteiger partial charge in [0.1, 0.15) is 17.5 Å². The van der Waals surface area contributed by atoms with Crippen LogP contribution in [0.1, 0.15) is 55.0 Å². The van der Waals surface area contributed by atoms with Crippen LogP contribution in [-0.2, 0) is 27.7 Å². The third-order valence-corrected chi connectivity index (χ3v) is 7.88. The van der Waals surface area contributed by atoms with Gasteiger partial charge < -0.3 is 19.7 Å². The van der Waals surface area contributed by atoms with Gasteiger partial charge in [-0.05, 0) is 68.6 Å². The highest BCUT2D eigenvalue weighted by Crippen LogP contribution is 2.38. The maximum Gasteiger partial charge on any atom is 0.416 e. The number of hydrogen-bond acceptors (Lipinski definition) is 5. The summed E-state index contributed by atoms with van der Waals surface area (Å²) in [4.78, 5) is 14.5. The van der Waals surface area contributed by atoms with Gasteiger partial charge in [-0.15, -0.1) is 12.4 Å². The SMILES string of the molecule is CCC(=O)O[C@](Cc1ccccc1)(c1ccccc1)[C@H](C)CN(C)C.CNCCC(Oc1ccc(C(F)(F)F)cc1)c1ccccc1.Cl. The average molecular weight is 685 g/mol. The van der Waals surface area contributed by atoms with E-state index in [0.717, 1.165) is 42.8 Å². The van der Waals surface area contributed by atoms with Gasteiger partial charge in [0, 0.05) is 31.7 Å². The molecule has 48 heavy (non-hydrogen) atoms. The van der Waals surface area contributed by atoms with E-state index in [1.165, 1.54) is 17.7 Å². The molecule has 0 fully saturated rings. The van der Waals surface area contributed by atoms with Crippen LogP contribution in [0.4, 0.5) is 13.2 Å². The van der Waals surface area contributed by atoms with E-state index in [4.69, 9.17) is 9.47 Å². The average Bonchev–Trinajstić information content (AvgIpc) is 3.07. The molecule has 0 saturated heterocycles. The van der Waals surface area contributed by atoms with Gasteiger partial charge in [-0.25, -0.2) is 0 Å². The fourth-order valence-electron chi connectivity index (χ4n) is 5.47. The lowest BCUT2D eigenvalue weighted by atomic mass is 9.77. The zero-order valence-corrected chi connectivity index (χ0v) is 29.2. The van der Waals surface area contributed by atoms with Crippen LogP contribution in [0.3, 0.4) is 0 Å². The van der Waals surface area contributed by atoms with Crippen LogP contribution in [0, 0.1) is 5.92 Å². The van der Waals surface area contributed by atoms with E-state index >= 15 is 0 Å². The molecule has 1 N–H and O–H groups in total. The van der Waals surface area contributed by atoms with Crippen LogP contribution in [0.15, 0.2) is 115 Å². The number of nitrogens with zero attached hydrogens (tertiary/aromatic N) is 1. The third-order valence-electron chi connectivity index (χ3n) is 7.88. The summed E-state index contributed by atoms with van der Waals surface area (Å²) >= 11 is 0. The third kappa shape index (κ3) is 12.3. The molecule has 5 nitrogen and oxygen atoms in total. The number of halogens is 4. The van der Waals surface area contributed by atoms with E-state index < -0.39 is 17.3 Å². The van der Waals surface area contributed by atoms with E-state index in [9.17, 15) is 18.0 Å². The molecule has 4 aromatic carbocycles. The van der Waals surface area contributed by atoms with Crippen molar-refractivity contribution >= 4 is 18.4 Å². The second-order valence-electron chi connectivity index (χ2n) is 11.8. The number of ether oxygens (including phenoxy) is 2. The first-order valence-electron chi connectivity index (χ1n) is 16.0. The molecule has 0 aliphatic carbocycles. The van der Waals surface area contributed by atoms with Crippen LogP contribution < -0.4 is 10.1 Å². The predicted octanol–water partition coefficient (Wildman–Crippen LogP) is 9.13. The lowest BCUT2D eigenvalue weighted by molar-refractivity contribution is -0.168. The van der Waals surface area contributed by atoms with Crippen LogP contribution in [0.2, 0.25) is 0 Å². The van der Waals surface area contributed by atoms with Crippen LogP contribution in [0.5, 0.6) is 5.75 Å². The summed E-state index contributed by atoms with van der Waals surface area (Å²) < 4.78 is 49.7. The van der Waals surface area contributed by atoms with Gasteiger partial charge in [0.25, 0.3) is 0 Å². The molecule has 0 radical (unpaired) electrons. The molecule has 0 amide bonds. The second kappa shape index (κ2) is 19.8. The monoisotopic (exact) mass is 684 g/mol. The first-order valence-corrected chi connectivity index (χ1v) is 16.0. The minimum atomic E-state index is -4.33. The van der Waals surface area contributed by atoms with Crippen molar-refractivity contribution in [1.82, 2.24) is 10.2 Å². The quantitative estimate of drug-likeness (QED) is 0.134. The topological polar surface area (TPSA) is 50.8 Å². The molecular weight excluding hydrogens is 637 g/mol. The summed E-state index contributed by atoms with van der Waals surface area (Å²) in [5.74, 6) is 0.406. The van der Waals surface area contributed by atoms with Gasteiger partial charge in [-0.2, -0.15) is 13.2 Å². The van der Waals surface area contributed by atoms with E-state index in [1.807, 2.05) is 80.7 Å². The van der Waals surface area contributed by atoms with E-state index in [-0.39, 0.29) is 30.4 Å². The summed E-state index contributed by atoms with van der Waals surface area (Å²) in [7, 11) is 5.95. The number of esters is 1. The molecule has 3 atom stereocenters. The van der Waals surface area contributed by atoms with Crippen molar-refractivity contribution in [3.8, 4) is 5.75 Å². The fourth-order valence-corrected chi connectivity index (χ4v) is 5.47. The van der Waals surface area contributed by atoms with E-state index in [0.29, 0.717) is 18.6 Å². The Morgan fingerprint density at radius 3 is 1.85 bits per heavy atom. The predicted molar refractivity (Wildman–Crippen MR) is 189 cm³/mol. The molecule has 0 aliphatic rings. The Balaban J connectivity index is 0.000000329. The number of nitrogens with one attached hydrogen (secondary N) is 1. The normalized spacial score (nSPS) is 13.6. The Labute approximate surface area is 289 Å². The van der Waals surface area contributed by atoms with Gasteiger partial charge in [-0.3, -0.25) is 4.79 Å². The first kappa shape index (κ1) is 40.3. The smallest absolute Gasteiger partial charge is 0.416 e. The Bertz CT molecular complexity index is 1460. The summed E-state index contributed by atoms with van der Waals surface area (Å²) in [6.45, 7) is 5.59. The summed E-state index contributed by atoms with van der Waals surface area (Å²) in [6.07, 6.45) is -2.77. The van der Waals surface area contributed by atoms with Gasteiger partial charge in [0.05, 0.1) is 5.56 Å². The van der Waals surface area contributed by atoms with Crippen molar-refractivity contribution in [1.29, 1.82) is 0 Å². The lowest BCUT2D eigenvalue weighted by Gasteiger charge is -2.40. The van der Waals surface area contributed by atoms with Gasteiger partial charge in [0.2, 0.25) is 0 Å². The minimum Gasteiger partial charge on any atom is -0.486 e. The molecule has 9 heteroatoms. The molecule has 0 aromatic heterocycles. The standard InChI is InChI=1S/C22H29NO2.C17H18F3NO.ClH/c1-5-21(24)25-22(18(2)17-23(3)4,20-14-10-7-11-15-20)16-19-12-8-6-9-13-19;1-21-12-11-16(13-5-3-2-4-6-13)22-15-9-7-14(8-10-15)17(18,19)20;/h6-15,18H,5,16-17H2,1-4H3;2-10,16,21H,11-12H2,1H3;1H/t18-,22+;;/m1../s1. The van der Waals surface area contributed by atoms with Gasteiger partial charge in [0.15, 0.2) is 0 Å². The largest absolute Gasteiger partial charge is 0.486 e. The van der Waals surface area contributed by atoms with Crippen LogP contribution in [-0.4, -0.2) is 45.1 Å². The van der Waals surface area contributed by atoms with Crippen molar-refractivity contribution in [2.24, 2.45) is 5.92 Å². The molecule has 0 spiro atoms. The summed E-state index contributed by atoms with van der Waals surface area (Å²) in [5, 5.41) is 3.05. The number of rotatable bonds is 14. The molecule has 4 rings (SSSR count). The van der Waals surface area contributed by atoms with Crippen molar-refractivity contribution in [2.45, 2.75) is 51.0 Å².